The molecule has 73 heavy (non-hydrogen) atoms. The van der Waals surface area contributed by atoms with Gasteiger partial charge in [0.05, 0.1) is 40.3 Å². The molecule has 0 fully saturated rings. The van der Waals surface area contributed by atoms with Gasteiger partial charge in [-0.3, -0.25) is 9.59 Å². The number of carbonyl (C=O) groups excluding carboxylic acids is 3. The fourth-order valence-corrected chi connectivity index (χ4v) is 8.36. The van der Waals surface area contributed by atoms with Crippen LogP contribution < -0.4 is 5.11 Å². The van der Waals surface area contributed by atoms with Crippen LogP contribution in [0.15, 0.2) is 72.9 Å². The second kappa shape index (κ2) is 55.0. The summed E-state index contributed by atoms with van der Waals surface area (Å²) < 4.78 is 22.7. The Balaban J connectivity index is 4.18. The van der Waals surface area contributed by atoms with Gasteiger partial charge in [-0.25, -0.2) is 0 Å². The number of carbonyl (C=O) groups is 3. The van der Waals surface area contributed by atoms with Gasteiger partial charge >= 0.3 is 11.9 Å². The number of rotatable bonds is 55. The Morgan fingerprint density at radius 1 is 0.425 bits per heavy atom. The van der Waals surface area contributed by atoms with Gasteiger partial charge in [-0.05, 0) is 64.2 Å². The van der Waals surface area contributed by atoms with Crippen LogP contribution in [0.4, 0.5) is 0 Å². The summed E-state index contributed by atoms with van der Waals surface area (Å²) in [4.78, 5) is 37.3. The summed E-state index contributed by atoms with van der Waals surface area (Å²) in [6.45, 7) is 4.66. The van der Waals surface area contributed by atoms with Crippen LogP contribution in [-0.4, -0.2) is 82.3 Å². The first-order valence-corrected chi connectivity index (χ1v) is 30.1. The lowest BCUT2D eigenvalue weighted by atomic mass is 10.0. The van der Waals surface area contributed by atoms with E-state index in [9.17, 15) is 19.5 Å². The number of carboxylic acid groups (broad SMARTS) is 1. The van der Waals surface area contributed by atoms with Gasteiger partial charge in [0.15, 0.2) is 12.4 Å². The molecule has 0 aromatic rings. The molecule has 0 radical (unpaired) electrons. The Labute approximate surface area is 449 Å². The maximum atomic E-state index is 12.9. The quantitative estimate of drug-likeness (QED) is 0.0195. The predicted molar refractivity (Wildman–Crippen MR) is 306 cm³/mol. The zero-order chi connectivity index (χ0) is 53.4. The van der Waals surface area contributed by atoms with Crippen LogP contribution in [-0.2, 0) is 33.3 Å². The molecule has 9 heteroatoms. The summed E-state index contributed by atoms with van der Waals surface area (Å²) >= 11 is 0. The number of nitrogens with zero attached hydrogens (tertiary/aromatic N) is 1. The number of esters is 2. The van der Waals surface area contributed by atoms with E-state index in [1.165, 1.54) is 148 Å². The number of aliphatic carboxylic acids is 1. The fourth-order valence-electron chi connectivity index (χ4n) is 8.36. The highest BCUT2D eigenvalue weighted by Gasteiger charge is 2.22. The number of ether oxygens (including phenoxy) is 4. The Morgan fingerprint density at radius 3 is 1.16 bits per heavy atom. The maximum Gasteiger partial charge on any atom is 0.306 e. The van der Waals surface area contributed by atoms with E-state index >= 15 is 0 Å². The van der Waals surface area contributed by atoms with Crippen molar-refractivity contribution in [2.75, 3.05) is 47.5 Å². The van der Waals surface area contributed by atoms with E-state index in [0.29, 0.717) is 23.9 Å². The van der Waals surface area contributed by atoms with Gasteiger partial charge in [-0.2, -0.15) is 0 Å². The third-order valence-electron chi connectivity index (χ3n) is 13.0. The molecule has 0 aromatic carbocycles. The molecule has 2 atom stereocenters. The first kappa shape index (κ1) is 69.7. The van der Waals surface area contributed by atoms with Crippen molar-refractivity contribution in [3.63, 3.8) is 0 Å². The molecule has 0 aliphatic carbocycles. The molecule has 0 amide bonds. The van der Waals surface area contributed by atoms with Crippen LogP contribution in [0.5, 0.6) is 0 Å². The molecule has 0 aliphatic rings. The lowest BCUT2D eigenvalue weighted by molar-refractivity contribution is -0.870. The Morgan fingerprint density at radius 2 is 0.781 bits per heavy atom. The summed E-state index contributed by atoms with van der Waals surface area (Å²) in [5.41, 5.74) is 0. The second-order valence-electron chi connectivity index (χ2n) is 21.3. The van der Waals surface area contributed by atoms with Crippen molar-refractivity contribution < 1.29 is 42.9 Å². The zero-order valence-electron chi connectivity index (χ0n) is 48.0. The average molecular weight is 1020 g/mol. The number of hydrogen-bond acceptors (Lipinski definition) is 8. The molecular weight excluding hydrogens is 911 g/mol. The largest absolute Gasteiger partial charge is 0.545 e. The lowest BCUT2D eigenvalue weighted by Crippen LogP contribution is -2.44. The Hall–Kier alpha value is -3.27. The van der Waals surface area contributed by atoms with E-state index in [4.69, 9.17) is 18.9 Å². The van der Waals surface area contributed by atoms with Crippen LogP contribution in [0, 0.1) is 0 Å². The summed E-state index contributed by atoms with van der Waals surface area (Å²) in [6, 6.07) is 0. The third kappa shape index (κ3) is 56.3. The monoisotopic (exact) mass is 1020 g/mol. The minimum Gasteiger partial charge on any atom is -0.545 e. The van der Waals surface area contributed by atoms with E-state index in [2.05, 4.69) is 86.8 Å². The zero-order valence-corrected chi connectivity index (χ0v) is 48.0. The van der Waals surface area contributed by atoms with Crippen molar-refractivity contribution in [2.45, 2.75) is 270 Å². The van der Waals surface area contributed by atoms with Crippen molar-refractivity contribution in [1.29, 1.82) is 0 Å². The fraction of sp³-hybridized carbons (Fsp3) is 0.766. The normalized spacial score (nSPS) is 13.3. The molecule has 0 N–H and O–H groups in total. The van der Waals surface area contributed by atoms with Gasteiger partial charge in [-0.1, -0.05) is 254 Å². The van der Waals surface area contributed by atoms with Crippen LogP contribution in [0.3, 0.4) is 0 Å². The van der Waals surface area contributed by atoms with Crippen LogP contribution in [0.2, 0.25) is 0 Å². The Bertz CT molecular complexity index is 1420. The van der Waals surface area contributed by atoms with Gasteiger partial charge in [0.2, 0.25) is 0 Å². The summed E-state index contributed by atoms with van der Waals surface area (Å²) in [5, 5.41) is 11.8. The van der Waals surface area contributed by atoms with Gasteiger partial charge in [0.1, 0.15) is 13.2 Å². The molecule has 0 aromatic heterocycles. The van der Waals surface area contributed by atoms with Crippen molar-refractivity contribution in [3.05, 3.63) is 72.9 Å². The topological polar surface area (TPSA) is 111 Å². The highest BCUT2D eigenvalue weighted by atomic mass is 16.7. The van der Waals surface area contributed by atoms with Crippen molar-refractivity contribution in [1.82, 2.24) is 0 Å². The summed E-state index contributed by atoms with van der Waals surface area (Å²) in [6.07, 6.45) is 68.1. The van der Waals surface area contributed by atoms with Crippen molar-refractivity contribution in [3.8, 4) is 0 Å². The first-order chi connectivity index (χ1) is 35.6. The molecule has 0 saturated carbocycles. The molecule has 9 nitrogen and oxygen atoms in total. The van der Waals surface area contributed by atoms with Crippen molar-refractivity contribution >= 4 is 17.9 Å². The average Bonchev–Trinajstić information content (AvgIpc) is 3.36. The van der Waals surface area contributed by atoms with E-state index in [0.717, 1.165) is 77.0 Å². The summed E-state index contributed by atoms with van der Waals surface area (Å²) in [7, 11) is 5.92. The SMILES string of the molecule is CC/C=C\C/C=C\C/C=C\C/C=C\C/C=C\C/C=C\CCCCCCCCCCCCCCC(=O)OC(COC(=O)CCCCCCCCCCCCCCCCCCC)COC(OCC[N+](C)(C)C)C(=O)[O-]. The van der Waals surface area contributed by atoms with Gasteiger partial charge in [0.25, 0.3) is 0 Å². The number of hydrogen-bond donors (Lipinski definition) is 0. The highest BCUT2D eigenvalue weighted by Crippen LogP contribution is 2.17. The van der Waals surface area contributed by atoms with Crippen molar-refractivity contribution in [2.24, 2.45) is 0 Å². The minimum atomic E-state index is -1.62. The number of unbranched alkanes of at least 4 members (excludes halogenated alkanes) is 28. The molecule has 2 unspecified atom stereocenters. The van der Waals surface area contributed by atoms with Crippen LogP contribution >= 0.6 is 0 Å². The minimum absolute atomic E-state index is 0.147. The molecule has 0 aliphatic heterocycles. The van der Waals surface area contributed by atoms with E-state index in [1.807, 2.05) is 21.1 Å². The maximum absolute atomic E-state index is 12.9. The molecule has 0 heterocycles. The standard InChI is InChI=1S/C64H113NO8/c1-6-8-10-12-14-16-18-20-22-24-25-26-27-28-29-30-31-32-33-34-35-36-37-39-41-43-45-47-49-51-53-55-62(67)73-60(59-72-64(63(68)69)70-57-56-65(3,4)5)58-71-61(66)54-52-50-48-46-44-42-40-38-23-21-19-17-15-13-11-9-7-2/h8,10,14,16,20,22,25-26,28-29,31-32,60,64H,6-7,9,11-13,15,17-19,21,23-24,27,30,33-59H2,1-5H3/b10-8-,16-14-,22-20-,26-25-,29-28-,32-31-. The van der Waals surface area contributed by atoms with Gasteiger partial charge in [-0.15, -0.1) is 0 Å². The predicted octanol–water partition coefficient (Wildman–Crippen LogP) is 16.5. The number of carboxylic acids is 1. The van der Waals surface area contributed by atoms with E-state index in [1.54, 1.807) is 0 Å². The first-order valence-electron chi connectivity index (χ1n) is 30.1. The number of likely N-dealkylation sites (N-methyl/N-ethyl adjacent to an activating group) is 1. The highest BCUT2D eigenvalue weighted by molar-refractivity contribution is 5.70. The van der Waals surface area contributed by atoms with Crippen LogP contribution in [0.1, 0.15) is 258 Å². The lowest BCUT2D eigenvalue weighted by Gasteiger charge is -2.26. The molecule has 0 spiro atoms. The smallest absolute Gasteiger partial charge is 0.306 e. The molecule has 422 valence electrons. The molecule has 0 bridgehead atoms. The third-order valence-corrected chi connectivity index (χ3v) is 13.0. The van der Waals surface area contributed by atoms with E-state index < -0.39 is 24.3 Å². The summed E-state index contributed by atoms with van der Waals surface area (Å²) in [5.74, 6) is -2.28. The Kier molecular flexibility index (Phi) is 52.5. The number of quaternary nitrogens is 1. The van der Waals surface area contributed by atoms with E-state index in [-0.39, 0.29) is 32.2 Å². The van der Waals surface area contributed by atoms with Crippen LogP contribution in [0.25, 0.3) is 0 Å². The van der Waals surface area contributed by atoms with Gasteiger partial charge < -0.3 is 33.3 Å². The second-order valence-corrected chi connectivity index (χ2v) is 21.3. The molecule has 0 rings (SSSR count). The number of allylic oxidation sites excluding steroid dienone is 12. The molecular formula is C64H113NO8. The molecule has 0 saturated heterocycles. The van der Waals surface area contributed by atoms with Gasteiger partial charge in [0, 0.05) is 12.8 Å².